The van der Waals surface area contributed by atoms with Crippen molar-refractivity contribution in [3.63, 3.8) is 0 Å². The molecule has 1 aromatic rings. The molecular weight excluding hydrogens is 258 g/mol. The summed E-state index contributed by atoms with van der Waals surface area (Å²) in [6.07, 6.45) is 7.14. The first-order valence-corrected chi connectivity index (χ1v) is 7.12. The van der Waals surface area contributed by atoms with Crippen LogP contribution in [-0.2, 0) is 0 Å². The molecule has 0 aromatic carbocycles. The summed E-state index contributed by atoms with van der Waals surface area (Å²) in [6.45, 7) is 2.42. The van der Waals surface area contributed by atoms with Crippen LogP contribution in [0.5, 0.6) is 0 Å². The van der Waals surface area contributed by atoms with Crippen molar-refractivity contribution >= 4 is 11.5 Å². The molecule has 6 heteroatoms. The summed E-state index contributed by atoms with van der Waals surface area (Å²) in [6, 6.07) is 1.93. The summed E-state index contributed by atoms with van der Waals surface area (Å²) in [7, 11) is 0. The Hall–Kier alpha value is -1.69. The average molecular weight is 279 g/mol. The largest absolute Gasteiger partial charge is 0.395 e. The predicted molar refractivity (Wildman–Crippen MR) is 76.9 cm³/mol. The van der Waals surface area contributed by atoms with Gasteiger partial charge in [0, 0.05) is 18.7 Å². The van der Waals surface area contributed by atoms with Crippen LogP contribution in [0.2, 0.25) is 0 Å². The normalized spacial score (nSPS) is 16.1. The summed E-state index contributed by atoms with van der Waals surface area (Å²) < 4.78 is 0. The van der Waals surface area contributed by atoms with Crippen molar-refractivity contribution in [3.8, 4) is 0 Å². The van der Waals surface area contributed by atoms with Crippen LogP contribution in [0.1, 0.15) is 37.7 Å². The molecule has 2 rings (SSSR count). The lowest BCUT2D eigenvalue weighted by molar-refractivity contribution is -0.385. The van der Waals surface area contributed by atoms with Gasteiger partial charge in [-0.1, -0.05) is 19.3 Å². The number of anilines is 1. The van der Waals surface area contributed by atoms with Gasteiger partial charge in [-0.05, 0) is 25.3 Å². The fourth-order valence-corrected chi connectivity index (χ4v) is 2.92. The zero-order valence-electron chi connectivity index (χ0n) is 11.8. The lowest BCUT2D eigenvalue weighted by atomic mass is 9.94. The van der Waals surface area contributed by atoms with Crippen LogP contribution in [0, 0.1) is 17.0 Å². The average Bonchev–Trinajstić information content (AvgIpc) is 2.46. The topological polar surface area (TPSA) is 79.5 Å². The second-order valence-corrected chi connectivity index (χ2v) is 5.30. The molecule has 6 nitrogen and oxygen atoms in total. The number of aliphatic hydroxyl groups excluding tert-OH is 1. The number of hydrogen-bond donors (Lipinski definition) is 1. The fraction of sp³-hybridized carbons (Fsp3) is 0.643. The number of pyridine rings is 1. The fourth-order valence-electron chi connectivity index (χ4n) is 2.92. The number of rotatable bonds is 5. The first-order valence-electron chi connectivity index (χ1n) is 7.12. The Morgan fingerprint density at radius 3 is 2.70 bits per heavy atom. The zero-order valence-corrected chi connectivity index (χ0v) is 11.8. The predicted octanol–water partition coefficient (Wildman–Crippen LogP) is 2.43. The molecule has 0 saturated heterocycles. The van der Waals surface area contributed by atoms with E-state index in [2.05, 4.69) is 9.88 Å². The second kappa shape index (κ2) is 6.65. The number of nitro groups is 1. The Balaban J connectivity index is 2.26. The summed E-state index contributed by atoms with van der Waals surface area (Å²) in [4.78, 5) is 16.7. The number of aromatic nitrogens is 1. The van der Waals surface area contributed by atoms with Gasteiger partial charge in [0.05, 0.1) is 11.5 Å². The van der Waals surface area contributed by atoms with Gasteiger partial charge in [-0.25, -0.2) is 4.98 Å². The van der Waals surface area contributed by atoms with Gasteiger partial charge in [-0.3, -0.25) is 10.1 Å². The molecule has 0 unspecified atom stereocenters. The minimum absolute atomic E-state index is 0.0128. The van der Waals surface area contributed by atoms with Crippen LogP contribution in [-0.4, -0.2) is 34.2 Å². The Morgan fingerprint density at radius 1 is 1.45 bits per heavy atom. The highest BCUT2D eigenvalue weighted by atomic mass is 16.6. The zero-order chi connectivity index (χ0) is 14.5. The van der Waals surface area contributed by atoms with Gasteiger partial charge >= 0.3 is 0 Å². The van der Waals surface area contributed by atoms with Gasteiger partial charge in [-0.15, -0.1) is 0 Å². The van der Waals surface area contributed by atoms with Crippen molar-refractivity contribution < 1.29 is 10.0 Å². The summed E-state index contributed by atoms with van der Waals surface area (Å²) in [5.41, 5.74) is 0.803. The quantitative estimate of drug-likeness (QED) is 0.661. The third-order valence-electron chi connectivity index (χ3n) is 3.88. The molecule has 1 saturated carbocycles. The van der Waals surface area contributed by atoms with Gasteiger partial charge in [0.25, 0.3) is 5.69 Å². The van der Waals surface area contributed by atoms with Crippen molar-refractivity contribution in [2.24, 2.45) is 0 Å². The van der Waals surface area contributed by atoms with E-state index in [4.69, 9.17) is 0 Å². The summed E-state index contributed by atoms with van der Waals surface area (Å²) >= 11 is 0. The minimum atomic E-state index is -0.430. The lowest BCUT2D eigenvalue weighted by Crippen LogP contribution is -2.39. The number of aliphatic hydroxyl groups is 1. The Kier molecular flexibility index (Phi) is 4.89. The van der Waals surface area contributed by atoms with E-state index in [1.54, 1.807) is 6.07 Å². The first kappa shape index (κ1) is 14.7. The molecule has 0 spiro atoms. The Labute approximate surface area is 118 Å². The van der Waals surface area contributed by atoms with Crippen LogP contribution in [0.4, 0.5) is 11.5 Å². The number of nitrogens with zero attached hydrogens (tertiary/aromatic N) is 3. The Bertz CT molecular complexity index is 473. The van der Waals surface area contributed by atoms with E-state index in [1.165, 1.54) is 25.5 Å². The van der Waals surface area contributed by atoms with Gasteiger partial charge in [0.2, 0.25) is 0 Å². The van der Waals surface area contributed by atoms with Crippen LogP contribution < -0.4 is 4.90 Å². The third kappa shape index (κ3) is 3.25. The summed E-state index contributed by atoms with van der Waals surface area (Å²) in [5, 5.41) is 20.1. The smallest absolute Gasteiger partial charge is 0.287 e. The first-order chi connectivity index (χ1) is 9.63. The van der Waals surface area contributed by atoms with Crippen LogP contribution in [0.15, 0.2) is 12.3 Å². The number of hydrogen-bond acceptors (Lipinski definition) is 5. The van der Waals surface area contributed by atoms with E-state index in [0.717, 1.165) is 24.2 Å². The number of aryl methyl sites for hydroxylation is 1. The standard InChI is InChI=1S/C14H21N3O3/c1-11-9-13(17(19)20)10-15-14(11)16(7-8-18)12-5-3-2-4-6-12/h9-10,12,18H,2-8H2,1H3. The molecule has 0 amide bonds. The maximum Gasteiger partial charge on any atom is 0.287 e. The SMILES string of the molecule is Cc1cc([N+](=O)[O-])cnc1N(CCO)C1CCCCC1. The van der Waals surface area contributed by atoms with Crippen molar-refractivity contribution in [2.75, 3.05) is 18.1 Å². The minimum Gasteiger partial charge on any atom is -0.395 e. The lowest BCUT2D eigenvalue weighted by Gasteiger charge is -2.35. The van der Waals surface area contributed by atoms with Crippen molar-refractivity contribution in [1.82, 2.24) is 4.98 Å². The third-order valence-corrected chi connectivity index (χ3v) is 3.88. The molecule has 1 aromatic heterocycles. The van der Waals surface area contributed by atoms with Crippen LogP contribution in [0.3, 0.4) is 0 Å². The van der Waals surface area contributed by atoms with Crippen LogP contribution in [0.25, 0.3) is 0 Å². The molecule has 0 aliphatic heterocycles. The molecular formula is C14H21N3O3. The highest BCUT2D eigenvalue weighted by molar-refractivity contribution is 5.51. The Morgan fingerprint density at radius 2 is 2.15 bits per heavy atom. The molecule has 1 fully saturated rings. The van der Waals surface area contributed by atoms with Gasteiger partial charge in [-0.2, -0.15) is 0 Å². The van der Waals surface area contributed by atoms with E-state index in [9.17, 15) is 15.2 Å². The van der Waals surface area contributed by atoms with E-state index in [-0.39, 0.29) is 12.3 Å². The van der Waals surface area contributed by atoms with E-state index in [0.29, 0.717) is 12.6 Å². The van der Waals surface area contributed by atoms with Gasteiger partial charge < -0.3 is 10.0 Å². The van der Waals surface area contributed by atoms with Gasteiger partial charge in [0.15, 0.2) is 0 Å². The van der Waals surface area contributed by atoms with Crippen molar-refractivity contribution in [2.45, 2.75) is 45.1 Å². The molecule has 110 valence electrons. The molecule has 1 aliphatic rings. The molecule has 0 atom stereocenters. The van der Waals surface area contributed by atoms with Gasteiger partial charge in [0.1, 0.15) is 12.0 Å². The molecule has 0 radical (unpaired) electrons. The maximum absolute atomic E-state index is 10.8. The molecule has 0 bridgehead atoms. The second-order valence-electron chi connectivity index (χ2n) is 5.30. The molecule has 1 N–H and O–H groups in total. The highest BCUT2D eigenvalue weighted by Gasteiger charge is 2.24. The van der Waals surface area contributed by atoms with Crippen molar-refractivity contribution in [1.29, 1.82) is 0 Å². The molecule has 20 heavy (non-hydrogen) atoms. The molecule has 1 heterocycles. The monoisotopic (exact) mass is 279 g/mol. The van der Waals surface area contributed by atoms with E-state index >= 15 is 0 Å². The van der Waals surface area contributed by atoms with E-state index in [1.807, 2.05) is 6.92 Å². The van der Waals surface area contributed by atoms with Crippen LogP contribution >= 0.6 is 0 Å². The summed E-state index contributed by atoms with van der Waals surface area (Å²) in [5.74, 6) is 0.761. The van der Waals surface area contributed by atoms with E-state index < -0.39 is 4.92 Å². The van der Waals surface area contributed by atoms with Crippen molar-refractivity contribution in [3.05, 3.63) is 27.9 Å². The molecule has 1 aliphatic carbocycles. The highest BCUT2D eigenvalue weighted by Crippen LogP contribution is 2.29. The maximum atomic E-state index is 10.8.